The molecule has 3 rings (SSSR count). The van der Waals surface area contributed by atoms with Gasteiger partial charge in [0.15, 0.2) is 0 Å². The third-order valence-electron chi connectivity index (χ3n) is 4.40. The minimum absolute atomic E-state index is 0.309. The first-order valence-corrected chi connectivity index (χ1v) is 8.93. The van der Waals surface area contributed by atoms with Crippen LogP contribution in [0.3, 0.4) is 0 Å². The number of carbonyl (C=O) groups excluding carboxylic acids is 1. The van der Waals surface area contributed by atoms with Crippen LogP contribution < -0.4 is 0 Å². The van der Waals surface area contributed by atoms with Crippen molar-refractivity contribution in [2.75, 3.05) is 0 Å². The number of imidazole rings is 1. The molecule has 2 heterocycles. The summed E-state index contributed by atoms with van der Waals surface area (Å²) >= 11 is 0. The summed E-state index contributed by atoms with van der Waals surface area (Å²) in [5.41, 5.74) is 1.10. The van der Waals surface area contributed by atoms with E-state index in [2.05, 4.69) is 15.0 Å². The highest BCUT2D eigenvalue weighted by Gasteiger charge is 2.32. The summed E-state index contributed by atoms with van der Waals surface area (Å²) in [5.74, 6) is 0.881. The Hall–Kier alpha value is -2.70. The van der Waals surface area contributed by atoms with Crippen LogP contribution >= 0.6 is 0 Å². The number of carbonyl (C=O) groups is 1. The number of hydrogen-bond donors (Lipinski definition) is 1. The average molecular weight is 375 g/mol. The van der Waals surface area contributed by atoms with Crippen molar-refractivity contribution < 1.29 is 18.0 Å². The SMILES string of the molecule is O=CCCCCCCc1ncc(-c2ccc3nc(C(F)(F)F)ccc3c2)[nH]1. The minimum Gasteiger partial charge on any atom is -0.342 e. The zero-order valence-electron chi connectivity index (χ0n) is 14.7. The number of benzene rings is 1. The number of nitrogens with one attached hydrogen (secondary N) is 1. The number of fused-ring (bicyclic) bond motifs is 1. The van der Waals surface area contributed by atoms with Gasteiger partial charge in [-0.05, 0) is 31.0 Å². The molecule has 0 saturated carbocycles. The molecule has 142 valence electrons. The molecule has 7 heteroatoms. The van der Waals surface area contributed by atoms with E-state index >= 15 is 0 Å². The van der Waals surface area contributed by atoms with Crippen LogP contribution in [0.4, 0.5) is 13.2 Å². The van der Waals surface area contributed by atoms with Gasteiger partial charge in [0, 0.05) is 23.8 Å². The van der Waals surface area contributed by atoms with E-state index in [0.29, 0.717) is 17.3 Å². The van der Waals surface area contributed by atoms with Crippen LogP contribution in [0.2, 0.25) is 0 Å². The molecule has 0 aliphatic rings. The Balaban J connectivity index is 1.67. The predicted molar refractivity (Wildman–Crippen MR) is 97.2 cm³/mol. The summed E-state index contributed by atoms with van der Waals surface area (Å²) in [6, 6.07) is 7.57. The Bertz CT molecular complexity index is 918. The largest absolute Gasteiger partial charge is 0.433 e. The molecule has 0 amide bonds. The first-order valence-electron chi connectivity index (χ1n) is 8.93. The molecule has 1 N–H and O–H groups in total. The molecule has 4 nitrogen and oxygen atoms in total. The summed E-state index contributed by atoms with van der Waals surface area (Å²) in [7, 11) is 0. The van der Waals surface area contributed by atoms with E-state index in [9.17, 15) is 18.0 Å². The number of hydrogen-bond acceptors (Lipinski definition) is 3. The monoisotopic (exact) mass is 375 g/mol. The highest BCUT2D eigenvalue weighted by Crippen LogP contribution is 2.30. The second kappa shape index (κ2) is 8.33. The number of aldehydes is 1. The molecule has 0 fully saturated rings. The van der Waals surface area contributed by atoms with Crippen molar-refractivity contribution in [3.8, 4) is 11.3 Å². The van der Waals surface area contributed by atoms with Crippen LogP contribution in [0.15, 0.2) is 36.5 Å². The molecule has 1 aromatic carbocycles. The Morgan fingerprint density at radius 1 is 1.04 bits per heavy atom. The number of unbranched alkanes of at least 4 members (excludes halogenated alkanes) is 4. The summed E-state index contributed by atoms with van der Waals surface area (Å²) in [4.78, 5) is 21.6. The van der Waals surface area contributed by atoms with Crippen molar-refractivity contribution in [2.45, 2.75) is 44.7 Å². The van der Waals surface area contributed by atoms with Crippen LogP contribution in [-0.2, 0) is 17.4 Å². The molecule has 0 aliphatic heterocycles. The van der Waals surface area contributed by atoms with Gasteiger partial charge in [-0.3, -0.25) is 0 Å². The van der Waals surface area contributed by atoms with Crippen molar-refractivity contribution in [1.29, 1.82) is 0 Å². The predicted octanol–water partition coefficient (Wildman–Crippen LogP) is 5.34. The zero-order chi connectivity index (χ0) is 19.3. The number of H-pyrrole nitrogens is 1. The standard InChI is InChI=1S/C20H20F3N3O/c21-20(22,23)18-10-8-14-12-15(7-9-16(14)25-18)17-13-24-19(26-17)6-4-2-1-3-5-11-27/h7-13H,1-6H2,(H,24,26). The lowest BCUT2D eigenvalue weighted by atomic mass is 10.1. The van der Waals surface area contributed by atoms with E-state index < -0.39 is 11.9 Å². The fraction of sp³-hybridized carbons (Fsp3) is 0.350. The molecule has 0 bridgehead atoms. The normalized spacial score (nSPS) is 11.8. The van der Waals surface area contributed by atoms with Gasteiger partial charge in [-0.2, -0.15) is 13.2 Å². The van der Waals surface area contributed by atoms with Crippen molar-refractivity contribution in [3.05, 3.63) is 48.0 Å². The maximum Gasteiger partial charge on any atom is 0.433 e. The number of aromatic nitrogens is 3. The number of nitrogens with zero attached hydrogens (tertiary/aromatic N) is 2. The molecule has 0 aliphatic carbocycles. The maximum atomic E-state index is 12.8. The van der Waals surface area contributed by atoms with E-state index in [1.807, 2.05) is 0 Å². The molecule has 0 unspecified atom stereocenters. The molecular weight excluding hydrogens is 355 g/mol. The number of alkyl halides is 3. The third kappa shape index (κ3) is 4.93. The van der Waals surface area contributed by atoms with Gasteiger partial charge in [0.25, 0.3) is 0 Å². The fourth-order valence-corrected chi connectivity index (χ4v) is 2.96. The fourth-order valence-electron chi connectivity index (χ4n) is 2.96. The number of aryl methyl sites for hydroxylation is 1. The molecule has 0 spiro atoms. The van der Waals surface area contributed by atoms with Crippen molar-refractivity contribution in [1.82, 2.24) is 15.0 Å². The second-order valence-electron chi connectivity index (χ2n) is 6.46. The van der Waals surface area contributed by atoms with E-state index in [-0.39, 0.29) is 0 Å². The van der Waals surface area contributed by atoms with E-state index in [4.69, 9.17) is 0 Å². The molecule has 0 atom stereocenters. The van der Waals surface area contributed by atoms with Crippen molar-refractivity contribution in [2.24, 2.45) is 0 Å². The number of halogens is 3. The van der Waals surface area contributed by atoms with Gasteiger partial charge < -0.3 is 9.78 Å². The maximum absolute atomic E-state index is 12.8. The first-order chi connectivity index (χ1) is 13.0. The van der Waals surface area contributed by atoms with Gasteiger partial charge >= 0.3 is 6.18 Å². The van der Waals surface area contributed by atoms with Gasteiger partial charge in [-0.1, -0.05) is 25.0 Å². The zero-order valence-corrected chi connectivity index (χ0v) is 14.7. The average Bonchev–Trinajstić information content (AvgIpc) is 3.12. The van der Waals surface area contributed by atoms with Crippen LogP contribution in [0, 0.1) is 0 Å². The second-order valence-corrected chi connectivity index (χ2v) is 6.46. The van der Waals surface area contributed by atoms with Gasteiger partial charge in [-0.15, -0.1) is 0 Å². The highest BCUT2D eigenvalue weighted by molar-refractivity contribution is 5.83. The van der Waals surface area contributed by atoms with Gasteiger partial charge in [0.1, 0.15) is 17.8 Å². The lowest BCUT2D eigenvalue weighted by molar-refractivity contribution is -0.141. The van der Waals surface area contributed by atoms with Crippen molar-refractivity contribution >= 4 is 17.2 Å². The van der Waals surface area contributed by atoms with E-state index in [1.165, 1.54) is 6.07 Å². The molecular formula is C20H20F3N3O. The highest BCUT2D eigenvalue weighted by atomic mass is 19.4. The van der Waals surface area contributed by atoms with Crippen LogP contribution in [0.25, 0.3) is 22.2 Å². The Kier molecular flexibility index (Phi) is 5.88. The summed E-state index contributed by atoms with van der Waals surface area (Å²) in [6.45, 7) is 0. The summed E-state index contributed by atoms with van der Waals surface area (Å²) < 4.78 is 38.3. The summed E-state index contributed by atoms with van der Waals surface area (Å²) in [5, 5.41) is 0.645. The smallest absolute Gasteiger partial charge is 0.342 e. The molecule has 0 saturated heterocycles. The topological polar surface area (TPSA) is 58.6 Å². The number of pyridine rings is 1. The number of rotatable bonds is 8. The lowest BCUT2D eigenvalue weighted by Gasteiger charge is -2.07. The Morgan fingerprint density at radius 2 is 1.85 bits per heavy atom. The molecule has 0 radical (unpaired) electrons. The van der Waals surface area contributed by atoms with Crippen molar-refractivity contribution in [3.63, 3.8) is 0 Å². The third-order valence-corrected chi connectivity index (χ3v) is 4.40. The number of aromatic amines is 1. The van der Waals surface area contributed by atoms with Gasteiger partial charge in [0.05, 0.1) is 17.4 Å². The van der Waals surface area contributed by atoms with Crippen LogP contribution in [0.1, 0.15) is 43.6 Å². The summed E-state index contributed by atoms with van der Waals surface area (Å²) in [6.07, 6.45) is 3.68. The molecule has 27 heavy (non-hydrogen) atoms. The molecule has 3 aromatic rings. The van der Waals surface area contributed by atoms with Gasteiger partial charge in [0.2, 0.25) is 0 Å². The van der Waals surface area contributed by atoms with Gasteiger partial charge in [-0.25, -0.2) is 9.97 Å². The lowest BCUT2D eigenvalue weighted by Crippen LogP contribution is -2.07. The molecule has 2 aromatic heterocycles. The Morgan fingerprint density at radius 3 is 2.63 bits per heavy atom. The van der Waals surface area contributed by atoms with E-state index in [1.54, 1.807) is 24.4 Å². The quantitative estimate of drug-likeness (QED) is 0.427. The van der Waals surface area contributed by atoms with Crippen LogP contribution in [0.5, 0.6) is 0 Å². The minimum atomic E-state index is -4.45. The first kappa shape index (κ1) is 19.1. The van der Waals surface area contributed by atoms with E-state index in [0.717, 1.165) is 61.5 Å². The Labute approximate surface area is 154 Å². The van der Waals surface area contributed by atoms with Crippen LogP contribution in [-0.4, -0.2) is 21.2 Å².